The van der Waals surface area contributed by atoms with Gasteiger partial charge in [0.05, 0.1) is 0 Å². The van der Waals surface area contributed by atoms with Gasteiger partial charge in [0.15, 0.2) is 0 Å². The summed E-state index contributed by atoms with van der Waals surface area (Å²) >= 11 is 5.77. The first-order valence-electron chi connectivity index (χ1n) is 4.95. The van der Waals surface area contributed by atoms with Gasteiger partial charge in [0.1, 0.15) is 0 Å². The van der Waals surface area contributed by atoms with Gasteiger partial charge in [0.25, 0.3) is 0 Å². The number of rotatable bonds is 3. The van der Waals surface area contributed by atoms with Crippen LogP contribution in [0.4, 0.5) is 0 Å². The average molecular weight is 281 g/mol. The number of carbonyl (C=O) groups excluding carboxylic acids is 1. The standard InChI is InChI=1S/C13H9ClOS2/c14-11-8-6-10(7-9-11)13(15)17-16-12-4-2-1-3-5-12/h1-9H. The van der Waals surface area contributed by atoms with Gasteiger partial charge < -0.3 is 0 Å². The minimum Gasteiger partial charge on any atom is -0.281 e. The maximum absolute atomic E-state index is 11.8. The summed E-state index contributed by atoms with van der Waals surface area (Å²) < 4.78 is 0. The van der Waals surface area contributed by atoms with Crippen molar-refractivity contribution < 1.29 is 4.79 Å². The first kappa shape index (κ1) is 12.6. The van der Waals surface area contributed by atoms with Gasteiger partial charge in [0, 0.05) is 15.5 Å². The molecule has 0 aliphatic rings. The van der Waals surface area contributed by atoms with E-state index >= 15 is 0 Å². The molecule has 0 spiro atoms. The van der Waals surface area contributed by atoms with Crippen LogP contribution in [0, 0.1) is 0 Å². The van der Waals surface area contributed by atoms with Crippen molar-refractivity contribution in [2.24, 2.45) is 0 Å². The molecule has 0 aromatic heterocycles. The molecule has 0 bridgehead atoms. The lowest BCUT2D eigenvalue weighted by Crippen LogP contribution is -1.89. The molecule has 0 atom stereocenters. The van der Waals surface area contributed by atoms with Crippen LogP contribution in [0.3, 0.4) is 0 Å². The second kappa shape index (κ2) is 6.15. The van der Waals surface area contributed by atoms with Crippen LogP contribution in [0.25, 0.3) is 0 Å². The summed E-state index contributed by atoms with van der Waals surface area (Å²) in [4.78, 5) is 12.9. The van der Waals surface area contributed by atoms with Gasteiger partial charge in [0.2, 0.25) is 5.12 Å². The van der Waals surface area contributed by atoms with Crippen LogP contribution in [0.15, 0.2) is 59.5 Å². The van der Waals surface area contributed by atoms with Crippen LogP contribution in [0.1, 0.15) is 10.4 Å². The monoisotopic (exact) mass is 280 g/mol. The van der Waals surface area contributed by atoms with E-state index in [4.69, 9.17) is 11.6 Å². The number of hydrogen-bond acceptors (Lipinski definition) is 3. The van der Waals surface area contributed by atoms with Gasteiger partial charge in [-0.05, 0) is 58.0 Å². The van der Waals surface area contributed by atoms with E-state index in [0.29, 0.717) is 10.6 Å². The predicted octanol–water partition coefficient (Wildman–Crippen LogP) is 4.92. The maximum Gasteiger partial charge on any atom is 0.230 e. The lowest BCUT2D eigenvalue weighted by Gasteiger charge is -2.00. The van der Waals surface area contributed by atoms with E-state index in [2.05, 4.69) is 0 Å². The van der Waals surface area contributed by atoms with Crippen molar-refractivity contribution >= 4 is 38.3 Å². The van der Waals surface area contributed by atoms with E-state index in [9.17, 15) is 4.79 Å². The lowest BCUT2D eigenvalue weighted by molar-refractivity contribution is 0.109. The molecule has 17 heavy (non-hydrogen) atoms. The quantitative estimate of drug-likeness (QED) is 0.743. The fourth-order valence-corrected chi connectivity index (χ4v) is 3.13. The molecule has 0 saturated carbocycles. The van der Waals surface area contributed by atoms with E-state index in [1.165, 1.54) is 21.6 Å². The Kier molecular flexibility index (Phi) is 4.54. The minimum absolute atomic E-state index is 0.0375. The third kappa shape index (κ3) is 3.80. The highest BCUT2D eigenvalue weighted by Gasteiger charge is 2.07. The summed E-state index contributed by atoms with van der Waals surface area (Å²) in [7, 11) is 2.68. The molecule has 0 saturated heterocycles. The van der Waals surface area contributed by atoms with Crippen LogP contribution in [0.2, 0.25) is 5.02 Å². The topological polar surface area (TPSA) is 17.1 Å². The molecule has 4 heteroatoms. The summed E-state index contributed by atoms with van der Waals surface area (Å²) in [6, 6.07) is 16.7. The summed E-state index contributed by atoms with van der Waals surface area (Å²) in [6.45, 7) is 0. The van der Waals surface area contributed by atoms with Crippen molar-refractivity contribution in [1.29, 1.82) is 0 Å². The third-order valence-electron chi connectivity index (χ3n) is 2.04. The molecule has 0 fully saturated rings. The number of carbonyl (C=O) groups is 1. The first-order valence-corrected chi connectivity index (χ1v) is 7.48. The maximum atomic E-state index is 11.8. The zero-order chi connectivity index (χ0) is 12.1. The van der Waals surface area contributed by atoms with Gasteiger partial charge >= 0.3 is 0 Å². The van der Waals surface area contributed by atoms with Crippen LogP contribution in [-0.2, 0) is 0 Å². The van der Waals surface area contributed by atoms with Crippen molar-refractivity contribution in [3.63, 3.8) is 0 Å². The van der Waals surface area contributed by atoms with E-state index < -0.39 is 0 Å². The van der Waals surface area contributed by atoms with Crippen molar-refractivity contribution in [2.75, 3.05) is 0 Å². The Morgan fingerprint density at radius 2 is 1.59 bits per heavy atom. The van der Waals surface area contributed by atoms with Crippen molar-refractivity contribution in [3.05, 3.63) is 65.2 Å². The van der Waals surface area contributed by atoms with Crippen molar-refractivity contribution in [2.45, 2.75) is 4.90 Å². The highest BCUT2D eigenvalue weighted by molar-refractivity contribution is 8.82. The Hall–Kier alpha value is -0.900. The van der Waals surface area contributed by atoms with Crippen LogP contribution in [0.5, 0.6) is 0 Å². The summed E-state index contributed by atoms with van der Waals surface area (Å²) in [5, 5.41) is 0.679. The zero-order valence-corrected chi connectivity index (χ0v) is 11.2. The Labute approximate surface area is 113 Å². The van der Waals surface area contributed by atoms with Gasteiger partial charge in [-0.1, -0.05) is 29.8 Å². The molecule has 0 aliphatic heterocycles. The van der Waals surface area contributed by atoms with Crippen molar-refractivity contribution in [3.8, 4) is 0 Å². The normalized spacial score (nSPS) is 10.2. The summed E-state index contributed by atoms with van der Waals surface area (Å²) in [5.74, 6) is 0. The summed E-state index contributed by atoms with van der Waals surface area (Å²) in [5.41, 5.74) is 0.669. The van der Waals surface area contributed by atoms with Gasteiger partial charge in [-0.15, -0.1) is 0 Å². The summed E-state index contributed by atoms with van der Waals surface area (Å²) in [6.07, 6.45) is 0. The molecule has 86 valence electrons. The first-order chi connectivity index (χ1) is 8.25. The molecule has 0 N–H and O–H groups in total. The number of halogens is 1. The van der Waals surface area contributed by atoms with E-state index in [1.54, 1.807) is 24.3 Å². The lowest BCUT2D eigenvalue weighted by atomic mass is 10.2. The fraction of sp³-hybridized carbons (Fsp3) is 0. The Morgan fingerprint density at radius 1 is 0.941 bits per heavy atom. The zero-order valence-electron chi connectivity index (χ0n) is 8.80. The predicted molar refractivity (Wildman–Crippen MR) is 75.7 cm³/mol. The molecule has 2 rings (SSSR count). The molecule has 2 aromatic carbocycles. The minimum atomic E-state index is 0.0375. The van der Waals surface area contributed by atoms with E-state index in [1.807, 2.05) is 30.3 Å². The average Bonchev–Trinajstić information content (AvgIpc) is 2.38. The highest BCUT2D eigenvalue weighted by atomic mass is 35.5. The number of benzene rings is 2. The molecule has 0 unspecified atom stereocenters. The van der Waals surface area contributed by atoms with Gasteiger partial charge in [-0.3, -0.25) is 4.79 Å². The SMILES string of the molecule is O=C(SSc1ccccc1)c1ccc(Cl)cc1. The molecular weight excluding hydrogens is 272 g/mol. The highest BCUT2D eigenvalue weighted by Crippen LogP contribution is 2.33. The van der Waals surface area contributed by atoms with Crippen LogP contribution < -0.4 is 0 Å². The second-order valence-electron chi connectivity index (χ2n) is 3.27. The third-order valence-corrected chi connectivity index (χ3v) is 4.51. The van der Waals surface area contributed by atoms with Crippen LogP contribution >= 0.6 is 33.2 Å². The van der Waals surface area contributed by atoms with Gasteiger partial charge in [-0.25, -0.2) is 0 Å². The smallest absolute Gasteiger partial charge is 0.230 e. The van der Waals surface area contributed by atoms with Crippen LogP contribution in [-0.4, -0.2) is 5.12 Å². The largest absolute Gasteiger partial charge is 0.281 e. The Bertz CT molecular complexity index is 497. The van der Waals surface area contributed by atoms with E-state index in [-0.39, 0.29) is 5.12 Å². The number of hydrogen-bond donors (Lipinski definition) is 0. The molecule has 1 nitrogen and oxygen atoms in total. The Morgan fingerprint density at radius 3 is 2.24 bits per heavy atom. The Balaban J connectivity index is 1.96. The van der Waals surface area contributed by atoms with Gasteiger partial charge in [-0.2, -0.15) is 0 Å². The molecule has 0 heterocycles. The fourth-order valence-electron chi connectivity index (χ4n) is 1.20. The molecular formula is C13H9ClOS2. The van der Waals surface area contributed by atoms with Crippen molar-refractivity contribution in [1.82, 2.24) is 0 Å². The molecule has 0 amide bonds. The molecule has 2 aromatic rings. The second-order valence-corrected chi connectivity index (χ2v) is 5.89. The van der Waals surface area contributed by atoms with E-state index in [0.717, 1.165) is 4.90 Å². The molecule has 0 radical (unpaired) electrons. The molecule has 0 aliphatic carbocycles.